The average Bonchev–Trinajstić information content (AvgIpc) is 2.67. The lowest BCUT2D eigenvalue weighted by Gasteiger charge is -2.15. The molecule has 138 valence electrons. The number of amides is 1. The van der Waals surface area contributed by atoms with Gasteiger partial charge in [-0.25, -0.2) is 4.79 Å². The molecule has 0 fully saturated rings. The van der Waals surface area contributed by atoms with Crippen LogP contribution in [0.5, 0.6) is 17.2 Å². The molecule has 26 heavy (non-hydrogen) atoms. The smallest absolute Gasteiger partial charge is 0.337 e. The van der Waals surface area contributed by atoms with E-state index in [4.69, 9.17) is 18.9 Å². The van der Waals surface area contributed by atoms with Crippen LogP contribution >= 0.6 is 0 Å². The summed E-state index contributed by atoms with van der Waals surface area (Å²) in [6.45, 7) is 1.82. The van der Waals surface area contributed by atoms with Gasteiger partial charge in [-0.3, -0.25) is 4.79 Å². The minimum atomic E-state index is -0.482. The molecule has 2 aromatic carbocycles. The van der Waals surface area contributed by atoms with Gasteiger partial charge in [0.05, 0.1) is 39.6 Å². The molecule has 1 N–H and O–H groups in total. The van der Waals surface area contributed by atoms with Crippen LogP contribution in [0.3, 0.4) is 0 Å². The number of ether oxygens (including phenoxy) is 4. The van der Waals surface area contributed by atoms with Crippen molar-refractivity contribution < 1.29 is 28.5 Å². The molecule has 0 spiro atoms. The third kappa shape index (κ3) is 3.88. The van der Waals surface area contributed by atoms with Gasteiger partial charge < -0.3 is 24.3 Å². The monoisotopic (exact) mass is 359 g/mol. The third-order valence-electron chi connectivity index (χ3n) is 3.86. The molecule has 0 saturated heterocycles. The van der Waals surface area contributed by atoms with E-state index in [1.807, 2.05) is 6.92 Å². The van der Waals surface area contributed by atoms with Crippen LogP contribution in [0.4, 0.5) is 5.69 Å². The molecule has 0 radical (unpaired) electrons. The maximum Gasteiger partial charge on any atom is 0.337 e. The molecule has 1 amide bonds. The fourth-order valence-corrected chi connectivity index (χ4v) is 2.40. The van der Waals surface area contributed by atoms with Crippen LogP contribution in [0.25, 0.3) is 0 Å². The third-order valence-corrected chi connectivity index (χ3v) is 3.86. The van der Waals surface area contributed by atoms with Gasteiger partial charge >= 0.3 is 5.97 Å². The zero-order valence-corrected chi connectivity index (χ0v) is 15.3. The van der Waals surface area contributed by atoms with E-state index in [2.05, 4.69) is 5.32 Å². The first-order valence-corrected chi connectivity index (χ1v) is 7.75. The Labute approximate surface area is 151 Å². The molecule has 0 aliphatic rings. The van der Waals surface area contributed by atoms with Crippen LogP contribution < -0.4 is 19.5 Å². The average molecular weight is 359 g/mol. The van der Waals surface area contributed by atoms with Crippen molar-refractivity contribution in [3.05, 3.63) is 47.0 Å². The topological polar surface area (TPSA) is 83.1 Å². The highest BCUT2D eigenvalue weighted by atomic mass is 16.5. The van der Waals surface area contributed by atoms with Crippen molar-refractivity contribution >= 4 is 17.6 Å². The van der Waals surface area contributed by atoms with E-state index in [1.54, 1.807) is 24.3 Å². The molecule has 2 rings (SSSR count). The summed E-state index contributed by atoms with van der Waals surface area (Å²) in [7, 11) is 5.74. The Balaban J connectivity index is 2.40. The van der Waals surface area contributed by atoms with Crippen molar-refractivity contribution in [3.8, 4) is 17.2 Å². The first kappa shape index (κ1) is 19.1. The van der Waals surface area contributed by atoms with Gasteiger partial charge in [0.15, 0.2) is 11.5 Å². The van der Waals surface area contributed by atoms with E-state index in [1.165, 1.54) is 34.5 Å². The van der Waals surface area contributed by atoms with Gasteiger partial charge in [0.2, 0.25) is 0 Å². The van der Waals surface area contributed by atoms with Gasteiger partial charge in [0, 0.05) is 17.8 Å². The molecule has 0 aromatic heterocycles. The normalized spacial score (nSPS) is 10.0. The fourth-order valence-electron chi connectivity index (χ4n) is 2.40. The number of methoxy groups -OCH3 is 4. The maximum atomic E-state index is 12.8. The first-order valence-electron chi connectivity index (χ1n) is 7.75. The number of nitrogens with one attached hydrogen (secondary N) is 1. The zero-order chi connectivity index (χ0) is 19.3. The molecule has 7 heteroatoms. The Bertz CT molecular complexity index is 831. The molecule has 0 atom stereocenters. The summed E-state index contributed by atoms with van der Waals surface area (Å²) in [6, 6.07) is 8.03. The zero-order valence-electron chi connectivity index (χ0n) is 15.3. The molecule has 0 aliphatic heterocycles. The summed E-state index contributed by atoms with van der Waals surface area (Å²) in [5.74, 6) is 0.294. The molecular weight excluding hydrogens is 338 g/mol. The number of carbonyl (C=O) groups excluding carboxylic acids is 2. The predicted molar refractivity (Wildman–Crippen MR) is 96.6 cm³/mol. The Hall–Kier alpha value is -3.22. The van der Waals surface area contributed by atoms with E-state index in [0.717, 1.165) is 5.56 Å². The lowest BCUT2D eigenvalue weighted by molar-refractivity contribution is 0.0600. The van der Waals surface area contributed by atoms with Crippen molar-refractivity contribution in [2.75, 3.05) is 33.8 Å². The number of aryl methyl sites for hydroxylation is 1. The van der Waals surface area contributed by atoms with Gasteiger partial charge in [-0.1, -0.05) is 6.07 Å². The molecule has 0 aliphatic carbocycles. The number of hydrogen-bond donors (Lipinski definition) is 1. The van der Waals surface area contributed by atoms with Gasteiger partial charge in [0.25, 0.3) is 5.91 Å². The summed E-state index contributed by atoms with van der Waals surface area (Å²) < 4.78 is 20.5. The Morgan fingerprint density at radius 2 is 1.46 bits per heavy atom. The van der Waals surface area contributed by atoms with Crippen molar-refractivity contribution in [1.29, 1.82) is 0 Å². The lowest BCUT2D eigenvalue weighted by Crippen LogP contribution is -2.15. The van der Waals surface area contributed by atoms with E-state index in [-0.39, 0.29) is 5.56 Å². The highest BCUT2D eigenvalue weighted by molar-refractivity contribution is 6.07. The van der Waals surface area contributed by atoms with E-state index in [0.29, 0.717) is 28.5 Å². The van der Waals surface area contributed by atoms with Crippen LogP contribution in [0.15, 0.2) is 30.3 Å². The molecule has 0 saturated carbocycles. The standard InChI is InChI=1S/C19H21NO6/c1-11-6-7-12(19(22)26-5)8-14(11)20-18(21)13-9-16(24-3)17(25-4)10-15(13)23-2/h6-10H,1-5H3,(H,20,21). The lowest BCUT2D eigenvalue weighted by atomic mass is 10.1. The highest BCUT2D eigenvalue weighted by Crippen LogP contribution is 2.35. The number of benzene rings is 2. The Kier molecular flexibility index (Phi) is 6.06. The fraction of sp³-hybridized carbons (Fsp3) is 0.263. The Morgan fingerprint density at radius 3 is 2.04 bits per heavy atom. The van der Waals surface area contributed by atoms with Gasteiger partial charge in [-0.05, 0) is 24.6 Å². The van der Waals surface area contributed by atoms with Crippen molar-refractivity contribution in [3.63, 3.8) is 0 Å². The van der Waals surface area contributed by atoms with Crippen LogP contribution in [0, 0.1) is 6.92 Å². The number of anilines is 1. The van der Waals surface area contributed by atoms with E-state index >= 15 is 0 Å². The van der Waals surface area contributed by atoms with E-state index < -0.39 is 11.9 Å². The number of hydrogen-bond acceptors (Lipinski definition) is 6. The van der Waals surface area contributed by atoms with Crippen molar-refractivity contribution in [2.24, 2.45) is 0 Å². The van der Waals surface area contributed by atoms with Crippen LogP contribution in [-0.2, 0) is 4.74 Å². The minimum absolute atomic E-state index is 0.271. The molecule has 7 nitrogen and oxygen atoms in total. The second-order valence-corrected chi connectivity index (χ2v) is 5.38. The van der Waals surface area contributed by atoms with E-state index in [9.17, 15) is 9.59 Å². The van der Waals surface area contributed by atoms with Crippen molar-refractivity contribution in [1.82, 2.24) is 0 Å². The van der Waals surface area contributed by atoms with Crippen LogP contribution in [0.1, 0.15) is 26.3 Å². The highest BCUT2D eigenvalue weighted by Gasteiger charge is 2.19. The molecular formula is C19H21NO6. The van der Waals surface area contributed by atoms with Crippen molar-refractivity contribution in [2.45, 2.75) is 6.92 Å². The molecule has 2 aromatic rings. The van der Waals surface area contributed by atoms with Crippen LogP contribution in [0.2, 0.25) is 0 Å². The second kappa shape index (κ2) is 8.24. The van der Waals surface area contributed by atoms with Gasteiger partial charge in [-0.2, -0.15) is 0 Å². The molecule has 0 unspecified atom stereocenters. The quantitative estimate of drug-likeness (QED) is 0.798. The summed E-state index contributed by atoms with van der Waals surface area (Å²) in [5.41, 5.74) is 1.90. The Morgan fingerprint density at radius 1 is 0.846 bits per heavy atom. The summed E-state index contributed by atoms with van der Waals surface area (Å²) >= 11 is 0. The number of esters is 1. The summed E-state index contributed by atoms with van der Waals surface area (Å²) in [4.78, 5) is 24.5. The molecule has 0 bridgehead atoms. The first-order chi connectivity index (χ1) is 12.4. The maximum absolute atomic E-state index is 12.8. The number of rotatable bonds is 6. The predicted octanol–water partition coefficient (Wildman–Crippen LogP) is 3.06. The second-order valence-electron chi connectivity index (χ2n) is 5.38. The number of carbonyl (C=O) groups is 2. The SMILES string of the molecule is COC(=O)c1ccc(C)c(NC(=O)c2cc(OC)c(OC)cc2OC)c1. The minimum Gasteiger partial charge on any atom is -0.496 e. The summed E-state index contributed by atoms with van der Waals surface area (Å²) in [5, 5.41) is 2.79. The molecule has 0 heterocycles. The van der Waals surface area contributed by atoms with Crippen LogP contribution in [-0.4, -0.2) is 40.3 Å². The van der Waals surface area contributed by atoms with Gasteiger partial charge in [0.1, 0.15) is 5.75 Å². The van der Waals surface area contributed by atoms with Gasteiger partial charge in [-0.15, -0.1) is 0 Å². The summed E-state index contributed by atoms with van der Waals surface area (Å²) in [6.07, 6.45) is 0. The largest absolute Gasteiger partial charge is 0.496 e.